The summed E-state index contributed by atoms with van der Waals surface area (Å²) in [7, 11) is 0. The Hall–Kier alpha value is 0.310. The van der Waals surface area contributed by atoms with Crippen LogP contribution in [0.5, 0.6) is 0 Å². The van der Waals surface area contributed by atoms with Gasteiger partial charge < -0.3 is 4.55 Å². The molecule has 0 bridgehead atoms. The van der Waals surface area contributed by atoms with E-state index < -0.39 is 11.2 Å². The van der Waals surface area contributed by atoms with Gasteiger partial charge >= 0.3 is 0 Å². The summed E-state index contributed by atoms with van der Waals surface area (Å²) in [6.07, 6.45) is 3.67. The molecule has 0 amide bonds. The smallest absolute Gasteiger partial charge is 0.105 e. The summed E-state index contributed by atoms with van der Waals surface area (Å²) in [5.74, 6) is 2.79. The van der Waals surface area contributed by atoms with Gasteiger partial charge in [0.1, 0.15) is 11.5 Å². The van der Waals surface area contributed by atoms with E-state index in [0.717, 1.165) is 17.4 Å². The van der Waals surface area contributed by atoms with E-state index in [0.29, 0.717) is 0 Å². The van der Waals surface area contributed by atoms with Crippen molar-refractivity contribution in [2.75, 3.05) is 11.5 Å². The summed E-state index contributed by atoms with van der Waals surface area (Å²) in [4.78, 5) is 0. The van der Waals surface area contributed by atoms with Crippen molar-refractivity contribution >= 4 is 11.2 Å². The highest BCUT2D eigenvalue weighted by Gasteiger charge is 2.19. The molecule has 1 aliphatic rings. The molecule has 0 aromatic carbocycles. The highest BCUT2D eigenvalue weighted by atomic mass is 32.2. The van der Waals surface area contributed by atoms with Gasteiger partial charge in [0.15, 0.2) is 0 Å². The summed E-state index contributed by atoms with van der Waals surface area (Å²) >= 11 is -0.463. The first-order valence-electron chi connectivity index (χ1n) is 3.68. The minimum atomic E-state index is -0.463. The van der Waals surface area contributed by atoms with Crippen LogP contribution in [0.3, 0.4) is 0 Å². The molecule has 0 aromatic rings. The van der Waals surface area contributed by atoms with E-state index in [1.165, 1.54) is 19.3 Å². The normalized spacial score (nSPS) is 36.7. The number of hydrogen-bond acceptors (Lipinski definition) is 1. The van der Waals surface area contributed by atoms with Gasteiger partial charge in [0.25, 0.3) is 0 Å². The molecule has 0 unspecified atom stereocenters. The Labute approximate surface area is 60.0 Å². The largest absolute Gasteiger partial charge is 0.616 e. The highest BCUT2D eigenvalue weighted by Crippen LogP contribution is 2.20. The van der Waals surface area contributed by atoms with E-state index in [2.05, 4.69) is 6.92 Å². The van der Waals surface area contributed by atoms with Crippen LogP contribution in [-0.4, -0.2) is 16.1 Å². The van der Waals surface area contributed by atoms with Crippen molar-refractivity contribution in [3.8, 4) is 0 Å². The maximum atomic E-state index is 10.8. The van der Waals surface area contributed by atoms with Crippen LogP contribution in [0.2, 0.25) is 0 Å². The summed E-state index contributed by atoms with van der Waals surface area (Å²) in [5.41, 5.74) is 0. The van der Waals surface area contributed by atoms with Crippen molar-refractivity contribution in [2.45, 2.75) is 26.2 Å². The molecule has 0 saturated carbocycles. The van der Waals surface area contributed by atoms with Crippen LogP contribution >= 0.6 is 0 Å². The first kappa shape index (κ1) is 7.42. The Morgan fingerprint density at radius 3 is 2.44 bits per heavy atom. The summed E-state index contributed by atoms with van der Waals surface area (Å²) in [5, 5.41) is 0. The molecule has 54 valence electrons. The van der Waals surface area contributed by atoms with Gasteiger partial charge in [-0.15, -0.1) is 0 Å². The molecule has 0 aromatic heterocycles. The fraction of sp³-hybridized carbons (Fsp3) is 1.00. The van der Waals surface area contributed by atoms with E-state index in [4.69, 9.17) is 0 Å². The van der Waals surface area contributed by atoms with Crippen LogP contribution in [-0.2, 0) is 11.2 Å². The molecular formula is C7H14OS. The monoisotopic (exact) mass is 146 g/mol. The van der Waals surface area contributed by atoms with Gasteiger partial charge in [-0.2, -0.15) is 0 Å². The Bertz CT molecular complexity index is 77.0. The van der Waals surface area contributed by atoms with Gasteiger partial charge in [0, 0.05) is 0 Å². The molecule has 0 atom stereocenters. The minimum absolute atomic E-state index is 0.463. The third-order valence-electron chi connectivity index (χ3n) is 2.08. The average Bonchev–Trinajstić information content (AvgIpc) is 1.90. The van der Waals surface area contributed by atoms with E-state index in [-0.39, 0.29) is 0 Å². The van der Waals surface area contributed by atoms with Crippen LogP contribution in [0.1, 0.15) is 26.2 Å². The number of hydrogen-bond donors (Lipinski definition) is 0. The van der Waals surface area contributed by atoms with Crippen molar-refractivity contribution < 1.29 is 4.55 Å². The Morgan fingerprint density at radius 1 is 1.44 bits per heavy atom. The zero-order valence-corrected chi connectivity index (χ0v) is 6.75. The van der Waals surface area contributed by atoms with E-state index in [1.54, 1.807) is 0 Å². The van der Waals surface area contributed by atoms with E-state index >= 15 is 0 Å². The SMILES string of the molecule is CC[C@H]1CC[S@@+]([O-])CC1. The van der Waals surface area contributed by atoms with Crippen LogP contribution in [0.15, 0.2) is 0 Å². The van der Waals surface area contributed by atoms with Crippen molar-refractivity contribution in [1.82, 2.24) is 0 Å². The van der Waals surface area contributed by atoms with Crippen LogP contribution in [0.4, 0.5) is 0 Å². The fourth-order valence-electron chi connectivity index (χ4n) is 1.25. The minimum Gasteiger partial charge on any atom is -0.616 e. The lowest BCUT2D eigenvalue weighted by Gasteiger charge is -2.22. The molecule has 1 fully saturated rings. The van der Waals surface area contributed by atoms with Crippen molar-refractivity contribution in [1.29, 1.82) is 0 Å². The second kappa shape index (κ2) is 3.47. The first-order valence-corrected chi connectivity index (χ1v) is 5.16. The van der Waals surface area contributed by atoms with Crippen LogP contribution < -0.4 is 0 Å². The van der Waals surface area contributed by atoms with Gasteiger partial charge in [0.05, 0.1) is 0 Å². The van der Waals surface area contributed by atoms with Gasteiger partial charge in [-0.25, -0.2) is 0 Å². The molecule has 1 nitrogen and oxygen atoms in total. The third kappa shape index (κ3) is 2.18. The standard InChI is InChI=1S/C7H14OS/c1-2-7-3-5-9(8)6-4-7/h7H,2-6H2,1H3/t7-,9+. The molecule has 1 aliphatic heterocycles. The molecule has 2 heteroatoms. The fourth-order valence-corrected chi connectivity index (χ4v) is 2.65. The molecule has 1 saturated heterocycles. The second-order valence-corrected chi connectivity index (χ2v) is 4.40. The summed E-state index contributed by atoms with van der Waals surface area (Å²) in [6.45, 7) is 2.22. The van der Waals surface area contributed by atoms with E-state index in [1.807, 2.05) is 0 Å². The molecule has 0 spiro atoms. The van der Waals surface area contributed by atoms with Crippen molar-refractivity contribution in [2.24, 2.45) is 5.92 Å². The lowest BCUT2D eigenvalue weighted by Crippen LogP contribution is -2.22. The van der Waals surface area contributed by atoms with Gasteiger partial charge in [-0.1, -0.05) is 24.5 Å². The topological polar surface area (TPSA) is 23.1 Å². The third-order valence-corrected chi connectivity index (χ3v) is 3.47. The molecule has 1 heterocycles. The highest BCUT2D eigenvalue weighted by molar-refractivity contribution is 7.91. The molecule has 0 aliphatic carbocycles. The van der Waals surface area contributed by atoms with Crippen LogP contribution in [0.25, 0.3) is 0 Å². The maximum Gasteiger partial charge on any atom is 0.105 e. The lowest BCUT2D eigenvalue weighted by atomic mass is 10.0. The molecule has 9 heavy (non-hydrogen) atoms. The lowest BCUT2D eigenvalue weighted by molar-refractivity contribution is 0.452. The van der Waals surface area contributed by atoms with Gasteiger partial charge in [-0.05, 0) is 18.8 Å². The Kier molecular flexibility index (Phi) is 2.86. The molecule has 0 radical (unpaired) electrons. The quantitative estimate of drug-likeness (QED) is 0.515. The second-order valence-electron chi connectivity index (χ2n) is 2.70. The zero-order chi connectivity index (χ0) is 6.69. The average molecular weight is 146 g/mol. The summed E-state index contributed by atoms with van der Waals surface area (Å²) in [6, 6.07) is 0. The van der Waals surface area contributed by atoms with Gasteiger partial charge in [0.2, 0.25) is 0 Å². The first-order chi connectivity index (χ1) is 4.33. The zero-order valence-electron chi connectivity index (χ0n) is 5.93. The molecule has 1 rings (SSSR count). The van der Waals surface area contributed by atoms with E-state index in [9.17, 15) is 4.55 Å². The Morgan fingerprint density at radius 2 is 2.00 bits per heavy atom. The summed E-state index contributed by atoms with van der Waals surface area (Å²) < 4.78 is 10.8. The van der Waals surface area contributed by atoms with Gasteiger partial charge in [-0.3, -0.25) is 0 Å². The predicted molar refractivity (Wildman–Crippen MR) is 40.9 cm³/mol. The van der Waals surface area contributed by atoms with Crippen molar-refractivity contribution in [3.05, 3.63) is 0 Å². The van der Waals surface area contributed by atoms with Crippen LogP contribution in [0, 0.1) is 5.92 Å². The number of rotatable bonds is 1. The Balaban J connectivity index is 2.18. The maximum absolute atomic E-state index is 10.8. The molecular weight excluding hydrogens is 132 g/mol. The molecule has 0 N–H and O–H groups in total. The van der Waals surface area contributed by atoms with Crippen molar-refractivity contribution in [3.63, 3.8) is 0 Å². The predicted octanol–water partition coefficient (Wildman–Crippen LogP) is 1.56.